The summed E-state index contributed by atoms with van der Waals surface area (Å²) in [4.78, 5) is 25.5. The fourth-order valence-corrected chi connectivity index (χ4v) is 4.37. The summed E-state index contributed by atoms with van der Waals surface area (Å²) in [6.45, 7) is 6.04. The molecule has 2 N–H and O–H groups in total. The summed E-state index contributed by atoms with van der Waals surface area (Å²) in [6.07, 6.45) is 4.94. The minimum absolute atomic E-state index is 0.0155. The van der Waals surface area contributed by atoms with Gasteiger partial charge >= 0.3 is 6.03 Å². The summed E-state index contributed by atoms with van der Waals surface area (Å²) in [5.74, 6) is 0.767. The number of thiophene rings is 1. The number of carbonyl (C=O) groups excluding carboxylic acids is 2. The van der Waals surface area contributed by atoms with E-state index in [1.54, 1.807) is 11.3 Å². The molecule has 2 heterocycles. The number of carbonyl (C=O) groups is 2. The van der Waals surface area contributed by atoms with Crippen molar-refractivity contribution < 1.29 is 14.0 Å². The summed E-state index contributed by atoms with van der Waals surface area (Å²) in [7, 11) is 0. The molecular formula is C17H20N4O3S2. The molecule has 3 rings (SSSR count). The van der Waals surface area contributed by atoms with Crippen molar-refractivity contribution in [1.29, 1.82) is 0 Å². The molecule has 0 aromatic carbocycles. The Balaban J connectivity index is 1.54. The third kappa shape index (κ3) is 4.73. The van der Waals surface area contributed by atoms with Gasteiger partial charge in [0.15, 0.2) is 0 Å². The molecule has 2 aromatic rings. The van der Waals surface area contributed by atoms with Crippen molar-refractivity contribution in [3.05, 3.63) is 29.2 Å². The lowest BCUT2D eigenvalue weighted by Crippen LogP contribution is -2.40. The number of amides is 3. The first-order valence-electron chi connectivity index (χ1n) is 8.32. The smallest absolute Gasteiger partial charge is 0.321 e. The maximum Gasteiger partial charge on any atom is 0.321 e. The van der Waals surface area contributed by atoms with Gasteiger partial charge in [-0.05, 0) is 36.8 Å². The summed E-state index contributed by atoms with van der Waals surface area (Å²) < 4.78 is 5.65. The van der Waals surface area contributed by atoms with Gasteiger partial charge < -0.3 is 9.73 Å². The highest BCUT2D eigenvalue weighted by atomic mass is 32.2. The molecule has 1 aliphatic carbocycles. The van der Waals surface area contributed by atoms with Crippen LogP contribution in [0.1, 0.15) is 23.8 Å². The molecule has 0 spiro atoms. The van der Waals surface area contributed by atoms with E-state index in [0.717, 1.165) is 29.5 Å². The molecule has 0 bridgehead atoms. The van der Waals surface area contributed by atoms with Gasteiger partial charge in [-0.2, -0.15) is 0 Å². The predicted octanol–water partition coefficient (Wildman–Crippen LogP) is 3.03. The number of nitrogens with one attached hydrogen (secondary N) is 2. The summed E-state index contributed by atoms with van der Waals surface area (Å²) in [6, 6.07) is 1.58. The molecule has 0 aliphatic heterocycles. The number of rotatable bonds is 6. The second kappa shape index (κ2) is 8.50. The second-order valence-corrected chi connectivity index (χ2v) is 8.18. The van der Waals surface area contributed by atoms with Gasteiger partial charge in [0, 0.05) is 11.4 Å². The molecule has 0 saturated heterocycles. The van der Waals surface area contributed by atoms with Crippen molar-refractivity contribution in [1.82, 2.24) is 20.8 Å². The minimum atomic E-state index is -0.555. The molecule has 1 aliphatic rings. The minimum Gasteiger partial charge on any atom is -0.410 e. The molecule has 26 heavy (non-hydrogen) atoms. The first-order valence-corrected chi connectivity index (χ1v) is 10.1. The normalized spacial score (nSPS) is 16.0. The highest BCUT2D eigenvalue weighted by molar-refractivity contribution is 7.99. The first kappa shape index (κ1) is 18.7. The topological polar surface area (TPSA) is 97.1 Å². The molecular weight excluding hydrogens is 372 g/mol. The molecule has 9 heteroatoms. The molecule has 3 amide bonds. The van der Waals surface area contributed by atoms with Crippen LogP contribution in [0.25, 0.3) is 10.8 Å². The Morgan fingerprint density at radius 1 is 1.50 bits per heavy atom. The quantitative estimate of drug-likeness (QED) is 0.579. The van der Waals surface area contributed by atoms with Crippen molar-refractivity contribution in [2.24, 2.45) is 5.92 Å². The van der Waals surface area contributed by atoms with Gasteiger partial charge in [-0.15, -0.1) is 28.1 Å². The summed E-state index contributed by atoms with van der Waals surface area (Å²) in [5.41, 5.74) is 1.38. The average molecular weight is 393 g/mol. The van der Waals surface area contributed by atoms with Crippen LogP contribution >= 0.6 is 23.1 Å². The number of hydrogen-bond acceptors (Lipinski definition) is 7. The van der Waals surface area contributed by atoms with E-state index in [9.17, 15) is 9.59 Å². The fraction of sp³-hybridized carbons (Fsp3) is 0.412. The molecule has 138 valence electrons. The van der Waals surface area contributed by atoms with E-state index in [0.29, 0.717) is 23.6 Å². The molecule has 7 nitrogen and oxygen atoms in total. The van der Waals surface area contributed by atoms with Crippen LogP contribution in [0.3, 0.4) is 0 Å². The zero-order valence-corrected chi connectivity index (χ0v) is 16.0. The van der Waals surface area contributed by atoms with Crippen LogP contribution in [0, 0.1) is 5.92 Å². The van der Waals surface area contributed by atoms with Crippen LogP contribution in [0.4, 0.5) is 4.79 Å². The van der Waals surface area contributed by atoms with E-state index in [1.807, 2.05) is 0 Å². The lowest BCUT2D eigenvalue weighted by atomic mass is 9.90. The van der Waals surface area contributed by atoms with Crippen LogP contribution in [0.2, 0.25) is 0 Å². The number of hydrogen-bond donors (Lipinski definition) is 2. The van der Waals surface area contributed by atoms with Crippen molar-refractivity contribution in [3.8, 4) is 10.8 Å². The number of aromatic nitrogens is 2. The van der Waals surface area contributed by atoms with Crippen molar-refractivity contribution in [3.63, 3.8) is 0 Å². The third-order valence-electron chi connectivity index (χ3n) is 3.93. The molecule has 0 fully saturated rings. The Hall–Kier alpha value is -2.13. The van der Waals surface area contributed by atoms with Gasteiger partial charge in [0.2, 0.25) is 5.91 Å². The van der Waals surface area contributed by atoms with E-state index >= 15 is 0 Å². The lowest BCUT2D eigenvalue weighted by Gasteiger charge is -2.16. The first-order chi connectivity index (χ1) is 12.5. The SMILES string of the molecule is C=CCNC(=O)NC(=O)CSc1nnc(-c2cc3c(s2)CCC(C)C3)o1. The molecule has 2 aromatic heterocycles. The van der Waals surface area contributed by atoms with Crippen LogP contribution in [-0.4, -0.2) is 34.4 Å². The molecule has 1 atom stereocenters. The predicted molar refractivity (Wildman–Crippen MR) is 101 cm³/mol. The Morgan fingerprint density at radius 2 is 2.35 bits per heavy atom. The summed E-state index contributed by atoms with van der Waals surface area (Å²) in [5, 5.41) is 13.0. The molecule has 1 unspecified atom stereocenters. The number of nitrogens with zero attached hydrogens (tertiary/aromatic N) is 2. The van der Waals surface area contributed by atoms with Crippen molar-refractivity contribution in [2.45, 2.75) is 31.4 Å². The monoisotopic (exact) mass is 392 g/mol. The van der Waals surface area contributed by atoms with Crippen LogP contribution in [0.5, 0.6) is 0 Å². The third-order valence-corrected chi connectivity index (χ3v) is 5.98. The maximum absolute atomic E-state index is 11.7. The zero-order chi connectivity index (χ0) is 18.5. The van der Waals surface area contributed by atoms with Crippen LogP contribution in [0.15, 0.2) is 28.4 Å². The Labute approximate surface area is 159 Å². The van der Waals surface area contributed by atoms with E-state index in [4.69, 9.17) is 4.42 Å². The summed E-state index contributed by atoms with van der Waals surface area (Å²) >= 11 is 2.80. The number of thioether (sulfide) groups is 1. The Bertz CT molecular complexity index is 815. The second-order valence-electron chi connectivity index (χ2n) is 6.12. The van der Waals surface area contributed by atoms with Gasteiger partial charge in [0.1, 0.15) is 0 Å². The van der Waals surface area contributed by atoms with Gasteiger partial charge in [-0.3, -0.25) is 10.1 Å². The van der Waals surface area contributed by atoms with E-state index in [1.165, 1.54) is 22.9 Å². The number of fused-ring (bicyclic) bond motifs is 1. The standard InChI is InChI=1S/C17H20N4O3S2/c1-3-6-18-16(23)19-14(22)9-25-17-21-20-15(24-17)13-8-11-7-10(2)4-5-12(11)26-13/h3,8,10H,1,4-7,9H2,2H3,(H2,18,19,22,23). The highest BCUT2D eigenvalue weighted by Crippen LogP contribution is 2.37. The van der Waals surface area contributed by atoms with Crippen LogP contribution in [-0.2, 0) is 17.6 Å². The zero-order valence-electron chi connectivity index (χ0n) is 14.4. The number of aryl methyl sites for hydroxylation is 1. The van der Waals surface area contributed by atoms with Gasteiger partial charge in [-0.1, -0.05) is 24.8 Å². The Morgan fingerprint density at radius 3 is 3.15 bits per heavy atom. The molecule has 0 saturated carbocycles. The van der Waals surface area contributed by atoms with Gasteiger partial charge in [0.25, 0.3) is 11.1 Å². The average Bonchev–Trinajstić information content (AvgIpc) is 3.24. The van der Waals surface area contributed by atoms with E-state index < -0.39 is 11.9 Å². The van der Waals surface area contributed by atoms with E-state index in [-0.39, 0.29) is 5.75 Å². The van der Waals surface area contributed by atoms with Crippen LogP contribution < -0.4 is 10.6 Å². The van der Waals surface area contributed by atoms with Crippen molar-refractivity contribution >= 4 is 35.0 Å². The van der Waals surface area contributed by atoms with Gasteiger partial charge in [0.05, 0.1) is 10.6 Å². The number of urea groups is 1. The number of imide groups is 1. The maximum atomic E-state index is 11.7. The Kier molecular flexibility index (Phi) is 6.10. The van der Waals surface area contributed by atoms with E-state index in [2.05, 4.69) is 40.4 Å². The largest absolute Gasteiger partial charge is 0.410 e. The molecule has 0 radical (unpaired) electrons. The highest BCUT2D eigenvalue weighted by Gasteiger charge is 2.21. The fourth-order valence-electron chi connectivity index (χ4n) is 2.68. The lowest BCUT2D eigenvalue weighted by molar-refractivity contribution is -0.117. The van der Waals surface area contributed by atoms with Crippen molar-refractivity contribution in [2.75, 3.05) is 12.3 Å². The van der Waals surface area contributed by atoms with Gasteiger partial charge in [-0.25, -0.2) is 4.79 Å².